The fourth-order valence-electron chi connectivity index (χ4n) is 3.19. The highest BCUT2D eigenvalue weighted by Gasteiger charge is 2.30. The van der Waals surface area contributed by atoms with E-state index < -0.39 is 11.7 Å². The summed E-state index contributed by atoms with van der Waals surface area (Å²) in [4.78, 5) is 16.4. The molecular formula is C20H20Cl2F3N3O. The molecule has 4 nitrogen and oxygen atoms in total. The lowest BCUT2D eigenvalue weighted by atomic mass is 10.2. The van der Waals surface area contributed by atoms with Gasteiger partial charge in [0.1, 0.15) is 0 Å². The van der Waals surface area contributed by atoms with Crippen LogP contribution in [0.2, 0.25) is 10.0 Å². The standard InChI is InChI=1S/C20H20Cl2F3N3O/c21-17-5-2-6-18(22)16(17)12-27-7-9-28(10-8-27)13-19(29)26-15-4-1-3-14(11-15)20(23,24)25/h1-6,11H,7-10,12-13H2,(H,26,29). The quantitative estimate of drug-likeness (QED) is 0.719. The molecule has 1 heterocycles. The lowest BCUT2D eigenvalue weighted by Crippen LogP contribution is -2.48. The summed E-state index contributed by atoms with van der Waals surface area (Å²) in [6.07, 6.45) is -4.44. The molecule has 3 rings (SSSR count). The molecule has 0 bridgehead atoms. The van der Waals surface area contributed by atoms with Crippen molar-refractivity contribution in [2.75, 3.05) is 38.0 Å². The van der Waals surface area contributed by atoms with Crippen molar-refractivity contribution in [3.8, 4) is 0 Å². The van der Waals surface area contributed by atoms with Crippen LogP contribution in [0.1, 0.15) is 11.1 Å². The lowest BCUT2D eigenvalue weighted by Gasteiger charge is -2.34. The summed E-state index contributed by atoms with van der Waals surface area (Å²) in [6, 6.07) is 10.0. The highest BCUT2D eigenvalue weighted by molar-refractivity contribution is 6.35. The van der Waals surface area contributed by atoms with E-state index >= 15 is 0 Å². The van der Waals surface area contributed by atoms with Gasteiger partial charge in [0.05, 0.1) is 12.1 Å². The second kappa shape index (κ2) is 9.34. The van der Waals surface area contributed by atoms with Crippen molar-refractivity contribution in [3.05, 3.63) is 63.6 Å². The van der Waals surface area contributed by atoms with E-state index in [1.54, 1.807) is 18.2 Å². The molecule has 1 aliphatic rings. The monoisotopic (exact) mass is 445 g/mol. The first-order valence-electron chi connectivity index (χ1n) is 9.07. The van der Waals surface area contributed by atoms with E-state index in [1.807, 2.05) is 4.90 Å². The van der Waals surface area contributed by atoms with Crippen LogP contribution in [0.5, 0.6) is 0 Å². The van der Waals surface area contributed by atoms with Gasteiger partial charge in [0.2, 0.25) is 5.91 Å². The van der Waals surface area contributed by atoms with Crippen LogP contribution in [0.3, 0.4) is 0 Å². The number of piperazine rings is 1. The van der Waals surface area contributed by atoms with Gasteiger partial charge in [-0.2, -0.15) is 13.2 Å². The Kier molecular flexibility index (Phi) is 7.05. The van der Waals surface area contributed by atoms with Crippen molar-refractivity contribution < 1.29 is 18.0 Å². The van der Waals surface area contributed by atoms with Gasteiger partial charge in [-0.05, 0) is 30.3 Å². The average Bonchev–Trinajstić information content (AvgIpc) is 2.66. The minimum absolute atomic E-state index is 0.122. The number of carbonyl (C=O) groups is 1. The summed E-state index contributed by atoms with van der Waals surface area (Å²) in [5.74, 6) is -0.341. The van der Waals surface area contributed by atoms with Crippen LogP contribution in [0.4, 0.5) is 18.9 Å². The Balaban J connectivity index is 1.49. The van der Waals surface area contributed by atoms with E-state index in [4.69, 9.17) is 23.2 Å². The SMILES string of the molecule is O=C(CN1CCN(Cc2c(Cl)cccc2Cl)CC1)Nc1cccc(C(F)(F)F)c1. The molecule has 156 valence electrons. The number of anilines is 1. The molecule has 0 unspecified atom stereocenters. The third-order valence-corrected chi connectivity index (χ3v) is 5.46. The number of benzene rings is 2. The molecule has 0 spiro atoms. The Bertz CT molecular complexity index is 848. The van der Waals surface area contributed by atoms with Gasteiger partial charge in [0.15, 0.2) is 0 Å². The van der Waals surface area contributed by atoms with E-state index in [9.17, 15) is 18.0 Å². The van der Waals surface area contributed by atoms with E-state index in [-0.39, 0.29) is 18.1 Å². The number of amides is 1. The third-order valence-electron chi connectivity index (χ3n) is 4.75. The second-order valence-corrected chi connectivity index (χ2v) is 7.69. The summed E-state index contributed by atoms with van der Waals surface area (Å²) >= 11 is 12.4. The van der Waals surface area contributed by atoms with Crippen LogP contribution in [-0.4, -0.2) is 48.4 Å². The zero-order valence-corrected chi connectivity index (χ0v) is 17.0. The molecule has 29 heavy (non-hydrogen) atoms. The Labute approximate surface area is 177 Å². The van der Waals surface area contributed by atoms with Crippen LogP contribution in [-0.2, 0) is 17.5 Å². The van der Waals surface area contributed by atoms with Gasteiger partial charge in [-0.3, -0.25) is 14.6 Å². The summed E-state index contributed by atoms with van der Waals surface area (Å²) in [7, 11) is 0. The number of carbonyl (C=O) groups excluding carboxylic acids is 1. The van der Waals surface area contributed by atoms with Gasteiger partial charge in [-0.1, -0.05) is 35.3 Å². The molecule has 0 radical (unpaired) electrons. The van der Waals surface area contributed by atoms with Crippen molar-refractivity contribution >= 4 is 34.8 Å². The Hall–Kier alpha value is -1.80. The normalized spacial score (nSPS) is 16.0. The van der Waals surface area contributed by atoms with Gasteiger partial charge in [0.25, 0.3) is 0 Å². The Morgan fingerprint density at radius 2 is 1.55 bits per heavy atom. The van der Waals surface area contributed by atoms with Gasteiger partial charge in [-0.25, -0.2) is 0 Å². The fourth-order valence-corrected chi connectivity index (χ4v) is 3.71. The van der Waals surface area contributed by atoms with Crippen molar-refractivity contribution in [2.24, 2.45) is 0 Å². The first kappa shape index (κ1) is 21.9. The fraction of sp³-hybridized carbons (Fsp3) is 0.350. The summed E-state index contributed by atoms with van der Waals surface area (Å²) in [5.41, 5.74) is 0.227. The third kappa shape index (κ3) is 6.09. The lowest BCUT2D eigenvalue weighted by molar-refractivity contribution is -0.137. The molecule has 1 saturated heterocycles. The largest absolute Gasteiger partial charge is 0.416 e. The molecule has 0 aromatic heterocycles. The Morgan fingerprint density at radius 3 is 2.17 bits per heavy atom. The maximum Gasteiger partial charge on any atom is 0.416 e. The van der Waals surface area contributed by atoms with Gasteiger partial charge >= 0.3 is 6.18 Å². The zero-order chi connectivity index (χ0) is 21.0. The van der Waals surface area contributed by atoms with Crippen LogP contribution in [0, 0.1) is 0 Å². The highest BCUT2D eigenvalue weighted by Crippen LogP contribution is 2.30. The highest BCUT2D eigenvalue weighted by atomic mass is 35.5. The maximum absolute atomic E-state index is 12.8. The number of rotatable bonds is 5. The molecule has 1 amide bonds. The van der Waals surface area contributed by atoms with Crippen LogP contribution < -0.4 is 5.32 Å². The van der Waals surface area contributed by atoms with Crippen molar-refractivity contribution in [3.63, 3.8) is 0 Å². The first-order chi connectivity index (χ1) is 13.7. The summed E-state index contributed by atoms with van der Waals surface area (Å²) in [6.45, 7) is 3.55. The first-order valence-corrected chi connectivity index (χ1v) is 9.82. The number of hydrogen-bond acceptors (Lipinski definition) is 3. The minimum atomic E-state index is -4.44. The summed E-state index contributed by atoms with van der Waals surface area (Å²) < 4.78 is 38.3. The van der Waals surface area contributed by atoms with E-state index in [0.717, 1.165) is 30.8 Å². The minimum Gasteiger partial charge on any atom is -0.325 e. The van der Waals surface area contributed by atoms with Crippen LogP contribution in [0.25, 0.3) is 0 Å². The van der Waals surface area contributed by atoms with Crippen LogP contribution in [0.15, 0.2) is 42.5 Å². The molecule has 0 aliphatic carbocycles. The molecule has 2 aromatic carbocycles. The van der Waals surface area contributed by atoms with E-state index in [2.05, 4.69) is 10.2 Å². The number of hydrogen-bond donors (Lipinski definition) is 1. The second-order valence-electron chi connectivity index (χ2n) is 6.88. The zero-order valence-electron chi connectivity index (χ0n) is 15.5. The van der Waals surface area contributed by atoms with Crippen molar-refractivity contribution in [2.45, 2.75) is 12.7 Å². The maximum atomic E-state index is 12.8. The van der Waals surface area contributed by atoms with Crippen molar-refractivity contribution in [1.82, 2.24) is 9.80 Å². The number of alkyl halides is 3. The predicted molar refractivity (Wildman–Crippen MR) is 108 cm³/mol. The molecular weight excluding hydrogens is 426 g/mol. The molecule has 1 aliphatic heterocycles. The molecule has 9 heteroatoms. The topological polar surface area (TPSA) is 35.6 Å². The number of nitrogens with zero attached hydrogens (tertiary/aromatic N) is 2. The predicted octanol–water partition coefficient (Wildman–Crippen LogP) is 4.77. The summed E-state index contributed by atoms with van der Waals surface area (Å²) in [5, 5.41) is 3.79. The molecule has 2 aromatic rings. The van der Waals surface area contributed by atoms with Gasteiger partial charge in [0, 0.05) is 54.0 Å². The number of halogens is 5. The Morgan fingerprint density at radius 1 is 0.966 bits per heavy atom. The smallest absolute Gasteiger partial charge is 0.325 e. The molecule has 1 N–H and O–H groups in total. The average molecular weight is 446 g/mol. The van der Waals surface area contributed by atoms with Crippen molar-refractivity contribution in [1.29, 1.82) is 0 Å². The van der Waals surface area contributed by atoms with Gasteiger partial charge in [-0.15, -0.1) is 0 Å². The molecule has 0 atom stereocenters. The number of nitrogens with one attached hydrogen (secondary N) is 1. The van der Waals surface area contributed by atoms with E-state index in [1.165, 1.54) is 12.1 Å². The van der Waals surface area contributed by atoms with Crippen LogP contribution >= 0.6 is 23.2 Å². The molecule has 0 saturated carbocycles. The van der Waals surface area contributed by atoms with Gasteiger partial charge < -0.3 is 5.32 Å². The molecule has 1 fully saturated rings. The van der Waals surface area contributed by atoms with E-state index in [0.29, 0.717) is 29.7 Å².